The quantitative estimate of drug-likeness (QED) is 0.780. The number of hydrogen-bond acceptors (Lipinski definition) is 3. The predicted octanol–water partition coefficient (Wildman–Crippen LogP) is 3.83. The molecular formula is C16H19NO2. The molecule has 0 heterocycles. The highest BCUT2D eigenvalue weighted by Gasteiger charge is 2.14. The van der Waals surface area contributed by atoms with Crippen molar-refractivity contribution < 1.29 is 10.2 Å². The van der Waals surface area contributed by atoms with Crippen LogP contribution in [0.2, 0.25) is 0 Å². The van der Waals surface area contributed by atoms with E-state index in [2.05, 4.69) is 24.4 Å². The van der Waals surface area contributed by atoms with Crippen molar-refractivity contribution in [3.63, 3.8) is 0 Å². The van der Waals surface area contributed by atoms with Crippen LogP contribution in [0.25, 0.3) is 0 Å². The Balaban J connectivity index is 2.23. The van der Waals surface area contributed by atoms with Crippen molar-refractivity contribution in [1.29, 1.82) is 0 Å². The van der Waals surface area contributed by atoms with Crippen LogP contribution in [0.3, 0.4) is 0 Å². The van der Waals surface area contributed by atoms with E-state index in [-0.39, 0.29) is 17.5 Å². The van der Waals surface area contributed by atoms with Crippen molar-refractivity contribution in [2.24, 2.45) is 0 Å². The van der Waals surface area contributed by atoms with E-state index in [1.807, 2.05) is 19.1 Å². The van der Waals surface area contributed by atoms with E-state index < -0.39 is 0 Å². The van der Waals surface area contributed by atoms with Crippen molar-refractivity contribution in [3.05, 3.63) is 53.6 Å². The summed E-state index contributed by atoms with van der Waals surface area (Å²) in [7, 11) is 0. The third-order valence-corrected chi connectivity index (χ3v) is 3.21. The minimum atomic E-state index is -0.173. The SMILES string of the molecule is CCc1cccc(NC(C)c2c(O)cccc2O)c1. The van der Waals surface area contributed by atoms with Gasteiger partial charge in [0.05, 0.1) is 11.6 Å². The summed E-state index contributed by atoms with van der Waals surface area (Å²) in [6.07, 6.45) is 0.978. The minimum absolute atomic E-state index is 0.103. The maximum absolute atomic E-state index is 9.84. The first kappa shape index (κ1) is 13.3. The first-order chi connectivity index (χ1) is 9.11. The Bertz CT molecular complexity index is 546. The van der Waals surface area contributed by atoms with Gasteiger partial charge in [0.25, 0.3) is 0 Å². The molecule has 0 aliphatic carbocycles. The van der Waals surface area contributed by atoms with E-state index in [0.29, 0.717) is 5.56 Å². The first-order valence-electron chi connectivity index (χ1n) is 6.48. The summed E-state index contributed by atoms with van der Waals surface area (Å²) >= 11 is 0. The monoisotopic (exact) mass is 257 g/mol. The molecule has 0 saturated heterocycles. The van der Waals surface area contributed by atoms with Crippen LogP contribution in [0.4, 0.5) is 5.69 Å². The molecule has 3 heteroatoms. The van der Waals surface area contributed by atoms with Gasteiger partial charge in [0.1, 0.15) is 11.5 Å². The molecule has 2 aromatic carbocycles. The summed E-state index contributed by atoms with van der Waals surface area (Å²) in [5.74, 6) is 0.207. The highest BCUT2D eigenvalue weighted by molar-refractivity contribution is 5.52. The molecule has 0 saturated carbocycles. The van der Waals surface area contributed by atoms with Crippen LogP contribution in [-0.2, 0) is 6.42 Å². The summed E-state index contributed by atoms with van der Waals surface area (Å²) in [6, 6.07) is 12.7. The Morgan fingerprint density at radius 2 is 1.68 bits per heavy atom. The van der Waals surface area contributed by atoms with Gasteiger partial charge < -0.3 is 15.5 Å². The van der Waals surface area contributed by atoms with Crippen molar-refractivity contribution in [1.82, 2.24) is 0 Å². The van der Waals surface area contributed by atoms with Crippen LogP contribution < -0.4 is 5.32 Å². The molecule has 1 atom stereocenters. The highest BCUT2D eigenvalue weighted by Crippen LogP contribution is 2.34. The molecule has 2 aromatic rings. The van der Waals surface area contributed by atoms with Gasteiger partial charge in [-0.25, -0.2) is 0 Å². The van der Waals surface area contributed by atoms with Crippen LogP contribution in [0, 0.1) is 0 Å². The molecule has 19 heavy (non-hydrogen) atoms. The smallest absolute Gasteiger partial charge is 0.124 e. The molecule has 3 N–H and O–H groups in total. The Morgan fingerprint density at radius 3 is 2.32 bits per heavy atom. The molecular weight excluding hydrogens is 238 g/mol. The highest BCUT2D eigenvalue weighted by atomic mass is 16.3. The molecule has 0 aromatic heterocycles. The number of anilines is 1. The van der Waals surface area contributed by atoms with Gasteiger partial charge in [0.2, 0.25) is 0 Å². The second-order valence-corrected chi connectivity index (χ2v) is 4.63. The Kier molecular flexibility index (Phi) is 3.95. The van der Waals surface area contributed by atoms with Gasteiger partial charge in [0, 0.05) is 5.69 Å². The lowest BCUT2D eigenvalue weighted by atomic mass is 10.0. The maximum atomic E-state index is 9.84. The average Bonchev–Trinajstić information content (AvgIpc) is 2.38. The first-order valence-corrected chi connectivity index (χ1v) is 6.48. The lowest BCUT2D eigenvalue weighted by Crippen LogP contribution is -2.07. The summed E-state index contributed by atoms with van der Waals surface area (Å²) in [6.45, 7) is 4.02. The summed E-state index contributed by atoms with van der Waals surface area (Å²) in [5, 5.41) is 23.0. The molecule has 0 aliphatic rings. The van der Waals surface area contributed by atoms with E-state index in [4.69, 9.17) is 0 Å². The van der Waals surface area contributed by atoms with Gasteiger partial charge in [0.15, 0.2) is 0 Å². The Morgan fingerprint density at radius 1 is 1.05 bits per heavy atom. The van der Waals surface area contributed by atoms with Crippen molar-refractivity contribution in [2.45, 2.75) is 26.3 Å². The van der Waals surface area contributed by atoms with Gasteiger partial charge >= 0.3 is 0 Å². The summed E-state index contributed by atoms with van der Waals surface area (Å²) in [5.41, 5.74) is 2.75. The summed E-state index contributed by atoms with van der Waals surface area (Å²) in [4.78, 5) is 0. The van der Waals surface area contributed by atoms with Crippen molar-refractivity contribution >= 4 is 5.69 Å². The molecule has 0 fully saturated rings. The number of nitrogens with one attached hydrogen (secondary N) is 1. The summed E-state index contributed by atoms with van der Waals surface area (Å²) < 4.78 is 0. The fourth-order valence-electron chi connectivity index (χ4n) is 2.19. The fourth-order valence-corrected chi connectivity index (χ4v) is 2.19. The van der Waals surface area contributed by atoms with Gasteiger partial charge in [-0.15, -0.1) is 0 Å². The van der Waals surface area contributed by atoms with Crippen LogP contribution in [0.5, 0.6) is 11.5 Å². The second-order valence-electron chi connectivity index (χ2n) is 4.63. The van der Waals surface area contributed by atoms with Crippen LogP contribution in [0.1, 0.15) is 31.0 Å². The number of phenols is 2. The Labute approximate surface area is 113 Å². The lowest BCUT2D eigenvalue weighted by Gasteiger charge is -2.18. The Hall–Kier alpha value is -2.16. The minimum Gasteiger partial charge on any atom is -0.507 e. The molecule has 0 bridgehead atoms. The number of aromatic hydroxyl groups is 2. The van der Waals surface area contributed by atoms with E-state index in [1.165, 1.54) is 5.56 Å². The molecule has 0 spiro atoms. The zero-order valence-corrected chi connectivity index (χ0v) is 11.2. The third kappa shape index (κ3) is 2.99. The molecule has 0 aliphatic heterocycles. The maximum Gasteiger partial charge on any atom is 0.124 e. The molecule has 100 valence electrons. The van der Waals surface area contributed by atoms with Crippen LogP contribution in [-0.4, -0.2) is 10.2 Å². The van der Waals surface area contributed by atoms with Gasteiger partial charge in [-0.1, -0.05) is 25.1 Å². The number of aryl methyl sites for hydroxylation is 1. The van der Waals surface area contributed by atoms with E-state index in [1.54, 1.807) is 18.2 Å². The molecule has 1 unspecified atom stereocenters. The molecule has 0 radical (unpaired) electrons. The van der Waals surface area contributed by atoms with Crippen LogP contribution in [0.15, 0.2) is 42.5 Å². The van der Waals surface area contributed by atoms with Crippen molar-refractivity contribution in [3.8, 4) is 11.5 Å². The zero-order valence-electron chi connectivity index (χ0n) is 11.2. The number of hydrogen-bond donors (Lipinski definition) is 3. The van der Waals surface area contributed by atoms with Gasteiger partial charge in [-0.05, 0) is 43.2 Å². The van der Waals surface area contributed by atoms with Crippen LogP contribution >= 0.6 is 0 Å². The fraction of sp³-hybridized carbons (Fsp3) is 0.250. The largest absolute Gasteiger partial charge is 0.507 e. The molecule has 3 nitrogen and oxygen atoms in total. The second kappa shape index (κ2) is 5.65. The molecule has 2 rings (SSSR count). The lowest BCUT2D eigenvalue weighted by molar-refractivity contribution is 0.434. The van der Waals surface area contributed by atoms with E-state index in [0.717, 1.165) is 12.1 Å². The third-order valence-electron chi connectivity index (χ3n) is 3.21. The average molecular weight is 257 g/mol. The van der Waals surface area contributed by atoms with Crippen molar-refractivity contribution in [2.75, 3.05) is 5.32 Å². The topological polar surface area (TPSA) is 52.5 Å². The van der Waals surface area contributed by atoms with Gasteiger partial charge in [-0.2, -0.15) is 0 Å². The number of rotatable bonds is 4. The zero-order chi connectivity index (χ0) is 13.8. The predicted molar refractivity (Wildman–Crippen MR) is 77.6 cm³/mol. The van der Waals surface area contributed by atoms with E-state index >= 15 is 0 Å². The number of benzene rings is 2. The normalized spacial score (nSPS) is 12.1. The molecule has 0 amide bonds. The van der Waals surface area contributed by atoms with Gasteiger partial charge in [-0.3, -0.25) is 0 Å². The number of phenolic OH excluding ortho intramolecular Hbond substituents is 2. The standard InChI is InChI=1S/C16H19NO2/c1-3-12-6-4-7-13(10-12)17-11(2)16-14(18)8-5-9-15(16)19/h4-11,17-19H,3H2,1-2H3. The van der Waals surface area contributed by atoms with E-state index in [9.17, 15) is 10.2 Å².